The molecule has 2 aliphatic heterocycles. The molecule has 2 fully saturated rings. The van der Waals surface area contributed by atoms with E-state index >= 15 is 0 Å². The van der Waals surface area contributed by atoms with Crippen molar-refractivity contribution >= 4 is 12.2 Å². The number of alkyl carbamates (subject to hydrolysis) is 2. The Kier molecular flexibility index (Phi) is 2.40. The van der Waals surface area contributed by atoms with Gasteiger partial charge in [0.15, 0.2) is 0 Å². The van der Waals surface area contributed by atoms with Crippen molar-refractivity contribution in [1.82, 2.24) is 10.6 Å². The van der Waals surface area contributed by atoms with E-state index in [1.165, 1.54) is 0 Å². The Morgan fingerprint density at radius 2 is 1.61 bits per heavy atom. The molecule has 0 aliphatic carbocycles. The Hall–Kier alpha value is -1.72. The lowest BCUT2D eigenvalue weighted by Gasteiger charge is -2.33. The highest BCUT2D eigenvalue weighted by Gasteiger charge is 2.52. The summed E-state index contributed by atoms with van der Waals surface area (Å²) in [5, 5.41) is 5.40. The minimum absolute atomic E-state index is 0.470. The molecule has 2 N–H and O–H groups in total. The summed E-state index contributed by atoms with van der Waals surface area (Å²) < 4.78 is 10.4. The number of amides is 2. The van der Waals surface area contributed by atoms with E-state index in [0.29, 0.717) is 5.70 Å². The van der Waals surface area contributed by atoms with Crippen LogP contribution in [0.1, 0.15) is 34.6 Å². The molecule has 0 aromatic rings. The topological polar surface area (TPSA) is 76.7 Å². The van der Waals surface area contributed by atoms with Gasteiger partial charge in [-0.25, -0.2) is 9.59 Å². The first-order valence-corrected chi connectivity index (χ1v) is 5.80. The third-order valence-electron chi connectivity index (χ3n) is 3.63. The normalized spacial score (nSPS) is 34.8. The van der Waals surface area contributed by atoms with Crippen LogP contribution in [0, 0.1) is 0 Å². The SMILES string of the molecule is CC1(C)OC(=O)N/C1=C\C1(C)NC(=O)OC1(C)C. The van der Waals surface area contributed by atoms with Crippen LogP contribution < -0.4 is 10.6 Å². The Bertz CT molecular complexity index is 453. The van der Waals surface area contributed by atoms with Crippen molar-refractivity contribution in [3.05, 3.63) is 11.8 Å². The van der Waals surface area contributed by atoms with Gasteiger partial charge < -0.3 is 14.8 Å². The van der Waals surface area contributed by atoms with E-state index in [9.17, 15) is 9.59 Å². The molecular formula is C12H18N2O4. The first kappa shape index (κ1) is 12.7. The minimum atomic E-state index is -0.733. The predicted octanol–water partition coefficient (Wildman–Crippen LogP) is 1.67. The largest absolute Gasteiger partial charge is 0.441 e. The van der Waals surface area contributed by atoms with Gasteiger partial charge in [0.2, 0.25) is 0 Å². The van der Waals surface area contributed by atoms with Crippen molar-refractivity contribution in [2.24, 2.45) is 0 Å². The molecule has 18 heavy (non-hydrogen) atoms. The fourth-order valence-corrected chi connectivity index (χ4v) is 2.01. The third-order valence-corrected chi connectivity index (χ3v) is 3.63. The Labute approximate surface area is 106 Å². The summed E-state index contributed by atoms with van der Waals surface area (Å²) in [6, 6.07) is 0. The van der Waals surface area contributed by atoms with Gasteiger partial charge in [-0.2, -0.15) is 0 Å². The second-order valence-corrected chi connectivity index (χ2v) is 5.81. The lowest BCUT2D eigenvalue weighted by atomic mass is 9.83. The lowest BCUT2D eigenvalue weighted by Crippen LogP contribution is -2.50. The van der Waals surface area contributed by atoms with E-state index in [4.69, 9.17) is 9.47 Å². The van der Waals surface area contributed by atoms with Gasteiger partial charge >= 0.3 is 12.2 Å². The molecule has 2 heterocycles. The van der Waals surface area contributed by atoms with E-state index in [0.717, 1.165) is 0 Å². The molecule has 0 spiro atoms. The van der Waals surface area contributed by atoms with Gasteiger partial charge in [0.05, 0.1) is 5.70 Å². The molecule has 100 valence electrons. The molecule has 2 amide bonds. The molecule has 0 bridgehead atoms. The number of hydrogen-bond donors (Lipinski definition) is 2. The number of rotatable bonds is 1. The summed E-state index contributed by atoms with van der Waals surface area (Å²) in [6.45, 7) is 9.03. The van der Waals surface area contributed by atoms with Crippen molar-refractivity contribution in [1.29, 1.82) is 0 Å². The Balaban J connectivity index is 2.38. The zero-order chi connectivity index (χ0) is 13.8. The van der Waals surface area contributed by atoms with E-state index in [-0.39, 0.29) is 0 Å². The first-order chi connectivity index (χ1) is 8.06. The highest BCUT2D eigenvalue weighted by atomic mass is 16.6. The molecule has 2 rings (SSSR count). The van der Waals surface area contributed by atoms with Crippen molar-refractivity contribution in [2.75, 3.05) is 0 Å². The standard InChI is InChI=1S/C12H18N2O4/c1-10(2)7(13-8(15)17-10)6-12(5)11(3,4)18-9(16)14-12/h6H,1-5H3,(H,13,15)(H,14,16)/b7-6-. The fourth-order valence-electron chi connectivity index (χ4n) is 2.01. The maximum atomic E-state index is 11.4. The zero-order valence-corrected chi connectivity index (χ0v) is 11.2. The number of carbonyl (C=O) groups is 2. The van der Waals surface area contributed by atoms with Crippen LogP contribution in [0.5, 0.6) is 0 Å². The molecule has 0 aromatic carbocycles. The maximum absolute atomic E-state index is 11.4. The molecule has 0 saturated carbocycles. The van der Waals surface area contributed by atoms with Gasteiger partial charge in [0.25, 0.3) is 0 Å². The first-order valence-electron chi connectivity index (χ1n) is 5.80. The number of cyclic esters (lactones) is 2. The van der Waals surface area contributed by atoms with Crippen LogP contribution in [0.3, 0.4) is 0 Å². The van der Waals surface area contributed by atoms with Crippen LogP contribution in [-0.4, -0.2) is 28.9 Å². The van der Waals surface area contributed by atoms with Crippen molar-refractivity contribution in [2.45, 2.75) is 51.4 Å². The van der Waals surface area contributed by atoms with Gasteiger partial charge in [-0.3, -0.25) is 5.32 Å². The Morgan fingerprint density at radius 1 is 1.00 bits per heavy atom. The van der Waals surface area contributed by atoms with Crippen LogP contribution in [-0.2, 0) is 9.47 Å². The molecule has 0 aromatic heterocycles. The molecule has 0 radical (unpaired) electrons. The van der Waals surface area contributed by atoms with Gasteiger partial charge in [-0.05, 0) is 40.7 Å². The monoisotopic (exact) mass is 254 g/mol. The lowest BCUT2D eigenvalue weighted by molar-refractivity contribution is 0.0524. The molecular weight excluding hydrogens is 236 g/mol. The van der Waals surface area contributed by atoms with Crippen LogP contribution in [0.4, 0.5) is 9.59 Å². The van der Waals surface area contributed by atoms with E-state index in [1.807, 2.05) is 20.8 Å². The molecule has 6 heteroatoms. The number of hydrogen-bond acceptors (Lipinski definition) is 4. The quantitative estimate of drug-likeness (QED) is 0.746. The second kappa shape index (κ2) is 3.40. The van der Waals surface area contributed by atoms with Crippen molar-refractivity contribution < 1.29 is 19.1 Å². The predicted molar refractivity (Wildman–Crippen MR) is 63.9 cm³/mol. The summed E-state index contributed by atoms with van der Waals surface area (Å²) in [4.78, 5) is 22.7. The third kappa shape index (κ3) is 1.81. The average molecular weight is 254 g/mol. The van der Waals surface area contributed by atoms with E-state index in [1.54, 1.807) is 19.9 Å². The second-order valence-electron chi connectivity index (χ2n) is 5.81. The molecule has 6 nitrogen and oxygen atoms in total. The van der Waals surface area contributed by atoms with Gasteiger partial charge in [0.1, 0.15) is 16.7 Å². The molecule has 2 saturated heterocycles. The van der Waals surface area contributed by atoms with Crippen LogP contribution in [0.2, 0.25) is 0 Å². The summed E-state index contributed by atoms with van der Waals surface area (Å²) >= 11 is 0. The number of carbonyl (C=O) groups excluding carboxylic acids is 2. The van der Waals surface area contributed by atoms with Crippen LogP contribution in [0.25, 0.3) is 0 Å². The summed E-state index contributed by atoms with van der Waals surface area (Å²) in [5.74, 6) is 0. The zero-order valence-electron chi connectivity index (χ0n) is 11.2. The summed E-state index contributed by atoms with van der Waals surface area (Å²) in [6.07, 6.45) is 0.822. The molecule has 1 unspecified atom stereocenters. The Morgan fingerprint density at radius 3 is 2.00 bits per heavy atom. The van der Waals surface area contributed by atoms with Gasteiger partial charge in [0, 0.05) is 0 Å². The van der Waals surface area contributed by atoms with Crippen molar-refractivity contribution in [3.8, 4) is 0 Å². The van der Waals surface area contributed by atoms with Crippen LogP contribution in [0.15, 0.2) is 11.8 Å². The van der Waals surface area contributed by atoms with E-state index < -0.39 is 28.9 Å². The smallest absolute Gasteiger partial charge is 0.412 e. The minimum Gasteiger partial charge on any atom is -0.441 e. The highest BCUT2D eigenvalue weighted by molar-refractivity contribution is 5.76. The fraction of sp³-hybridized carbons (Fsp3) is 0.667. The summed E-state index contributed by atoms with van der Waals surface area (Å²) in [5.41, 5.74) is -1.53. The molecule has 2 aliphatic rings. The van der Waals surface area contributed by atoms with Crippen molar-refractivity contribution in [3.63, 3.8) is 0 Å². The number of nitrogens with one attached hydrogen (secondary N) is 2. The van der Waals surface area contributed by atoms with Gasteiger partial charge in [-0.1, -0.05) is 0 Å². The maximum Gasteiger partial charge on any atom is 0.412 e. The average Bonchev–Trinajstić information content (AvgIpc) is 2.46. The van der Waals surface area contributed by atoms with E-state index in [2.05, 4.69) is 10.6 Å². The van der Waals surface area contributed by atoms with Crippen LogP contribution >= 0.6 is 0 Å². The van der Waals surface area contributed by atoms with Gasteiger partial charge in [-0.15, -0.1) is 0 Å². The highest BCUT2D eigenvalue weighted by Crippen LogP contribution is 2.36. The summed E-state index contributed by atoms with van der Waals surface area (Å²) in [7, 11) is 0. The number of ether oxygens (including phenoxy) is 2. The molecule has 1 atom stereocenters.